The molecule has 2 rings (SSSR count). The summed E-state index contributed by atoms with van der Waals surface area (Å²) >= 11 is 2.01. The van der Waals surface area contributed by atoms with Crippen molar-refractivity contribution in [1.29, 1.82) is 0 Å². The smallest absolute Gasteiger partial charge is 0.0476 e. The van der Waals surface area contributed by atoms with Crippen LogP contribution in [0.1, 0.15) is 49.8 Å². The zero-order chi connectivity index (χ0) is 13.7. The van der Waals surface area contributed by atoms with Crippen LogP contribution in [0, 0.1) is 0 Å². The van der Waals surface area contributed by atoms with Gasteiger partial charge in [0.05, 0.1) is 0 Å². The summed E-state index contributed by atoms with van der Waals surface area (Å²) in [7, 11) is 0. The van der Waals surface area contributed by atoms with Crippen molar-refractivity contribution in [2.45, 2.75) is 43.9 Å². The molecule has 1 unspecified atom stereocenters. The largest absolute Gasteiger partial charge is 0.381 e. The van der Waals surface area contributed by atoms with Gasteiger partial charge in [-0.05, 0) is 29.9 Å². The summed E-state index contributed by atoms with van der Waals surface area (Å²) in [6, 6.07) is 8.93. The van der Waals surface area contributed by atoms with Crippen LogP contribution in [0.15, 0.2) is 24.3 Å². The van der Waals surface area contributed by atoms with Gasteiger partial charge in [-0.15, -0.1) is 0 Å². The average molecular weight is 279 g/mol. The van der Waals surface area contributed by atoms with E-state index in [1.807, 2.05) is 11.8 Å². The van der Waals surface area contributed by atoms with Crippen molar-refractivity contribution in [3.05, 3.63) is 35.4 Å². The Labute approximate surface area is 121 Å². The number of hydrogen-bond acceptors (Lipinski definition) is 3. The maximum atomic E-state index is 6.29. The fourth-order valence-electron chi connectivity index (χ4n) is 2.31. The molecular formula is C16H25NOS. The standard InChI is InChI=1S/C16H25NOS/c1-12(2)13-3-5-14(6-4-13)16(17)11-19-15-7-9-18-10-8-15/h3-6,12,15-16H,7-11,17H2,1-2H3. The van der Waals surface area contributed by atoms with Crippen LogP contribution in [0.5, 0.6) is 0 Å². The van der Waals surface area contributed by atoms with E-state index in [2.05, 4.69) is 38.1 Å². The first kappa shape index (κ1) is 14.9. The van der Waals surface area contributed by atoms with Crippen molar-refractivity contribution in [2.24, 2.45) is 5.73 Å². The lowest BCUT2D eigenvalue weighted by atomic mass is 10.00. The molecule has 19 heavy (non-hydrogen) atoms. The summed E-state index contributed by atoms with van der Waals surface area (Å²) in [4.78, 5) is 0. The lowest BCUT2D eigenvalue weighted by Gasteiger charge is -2.23. The van der Waals surface area contributed by atoms with Gasteiger partial charge in [-0.2, -0.15) is 11.8 Å². The summed E-state index contributed by atoms with van der Waals surface area (Å²) in [6.07, 6.45) is 2.34. The number of hydrogen-bond donors (Lipinski definition) is 1. The molecular weight excluding hydrogens is 254 g/mol. The van der Waals surface area contributed by atoms with Crippen molar-refractivity contribution >= 4 is 11.8 Å². The molecule has 1 aliphatic heterocycles. The molecule has 106 valence electrons. The molecule has 1 aromatic rings. The van der Waals surface area contributed by atoms with Crippen LogP contribution in [0.4, 0.5) is 0 Å². The van der Waals surface area contributed by atoms with Gasteiger partial charge in [0.2, 0.25) is 0 Å². The third-order valence-electron chi connectivity index (χ3n) is 3.71. The van der Waals surface area contributed by atoms with Crippen molar-refractivity contribution in [3.63, 3.8) is 0 Å². The van der Waals surface area contributed by atoms with E-state index in [-0.39, 0.29) is 6.04 Å². The Morgan fingerprint density at radius 2 is 1.74 bits per heavy atom. The van der Waals surface area contributed by atoms with Crippen molar-refractivity contribution in [2.75, 3.05) is 19.0 Å². The first-order valence-electron chi connectivity index (χ1n) is 7.21. The van der Waals surface area contributed by atoms with Crippen LogP contribution in [-0.4, -0.2) is 24.2 Å². The molecule has 0 bridgehead atoms. The van der Waals surface area contributed by atoms with Crippen molar-refractivity contribution in [1.82, 2.24) is 0 Å². The summed E-state index contributed by atoms with van der Waals surface area (Å²) < 4.78 is 5.38. The highest BCUT2D eigenvalue weighted by molar-refractivity contribution is 7.99. The van der Waals surface area contributed by atoms with Crippen molar-refractivity contribution < 1.29 is 4.74 Å². The SMILES string of the molecule is CC(C)c1ccc(C(N)CSC2CCOCC2)cc1. The minimum atomic E-state index is 0.147. The van der Waals surface area contributed by atoms with E-state index < -0.39 is 0 Å². The normalized spacial score (nSPS) is 18.7. The van der Waals surface area contributed by atoms with Gasteiger partial charge in [0.1, 0.15) is 0 Å². The lowest BCUT2D eigenvalue weighted by Crippen LogP contribution is -2.21. The Balaban J connectivity index is 1.83. The van der Waals surface area contributed by atoms with Crippen molar-refractivity contribution in [3.8, 4) is 0 Å². The van der Waals surface area contributed by atoms with E-state index in [9.17, 15) is 0 Å². The molecule has 0 spiro atoms. The Hall–Kier alpha value is -0.510. The molecule has 0 radical (unpaired) electrons. The molecule has 1 saturated heterocycles. The van der Waals surface area contributed by atoms with Crippen LogP contribution in [-0.2, 0) is 4.74 Å². The molecule has 1 atom stereocenters. The van der Waals surface area contributed by atoms with Crippen LogP contribution in [0.25, 0.3) is 0 Å². The average Bonchev–Trinajstić information content (AvgIpc) is 2.46. The van der Waals surface area contributed by atoms with Crippen LogP contribution in [0.3, 0.4) is 0 Å². The molecule has 0 aliphatic carbocycles. The van der Waals surface area contributed by atoms with Gasteiger partial charge in [-0.3, -0.25) is 0 Å². The molecule has 1 aromatic carbocycles. The van der Waals surface area contributed by atoms with E-state index in [1.54, 1.807) is 0 Å². The Morgan fingerprint density at radius 3 is 2.32 bits per heavy atom. The fourth-order valence-corrected chi connectivity index (χ4v) is 3.50. The molecule has 1 heterocycles. The molecule has 3 heteroatoms. The molecule has 0 amide bonds. The van der Waals surface area contributed by atoms with E-state index >= 15 is 0 Å². The Morgan fingerprint density at radius 1 is 1.16 bits per heavy atom. The molecule has 0 saturated carbocycles. The van der Waals surface area contributed by atoms with Crippen LogP contribution in [0.2, 0.25) is 0 Å². The molecule has 0 aromatic heterocycles. The first-order valence-corrected chi connectivity index (χ1v) is 8.26. The summed E-state index contributed by atoms with van der Waals surface area (Å²) in [5.41, 5.74) is 8.92. The highest BCUT2D eigenvalue weighted by Gasteiger charge is 2.16. The second-order valence-corrected chi connectivity index (χ2v) is 6.91. The topological polar surface area (TPSA) is 35.2 Å². The molecule has 1 aliphatic rings. The zero-order valence-electron chi connectivity index (χ0n) is 12.0. The third kappa shape index (κ3) is 4.51. The highest BCUT2D eigenvalue weighted by Crippen LogP contribution is 2.26. The molecule has 1 fully saturated rings. The summed E-state index contributed by atoms with van der Waals surface area (Å²) in [6.45, 7) is 6.26. The third-order valence-corrected chi connectivity index (χ3v) is 5.21. The van der Waals surface area contributed by atoms with Gasteiger partial charge < -0.3 is 10.5 Å². The van der Waals surface area contributed by atoms with E-state index in [1.165, 1.54) is 24.0 Å². The number of thioether (sulfide) groups is 1. The summed E-state index contributed by atoms with van der Waals surface area (Å²) in [5, 5.41) is 0.731. The van der Waals surface area contributed by atoms with Gasteiger partial charge >= 0.3 is 0 Å². The van der Waals surface area contributed by atoms with Gasteiger partial charge in [0.25, 0.3) is 0 Å². The van der Waals surface area contributed by atoms with Gasteiger partial charge in [0.15, 0.2) is 0 Å². The fraction of sp³-hybridized carbons (Fsp3) is 0.625. The van der Waals surface area contributed by atoms with E-state index in [4.69, 9.17) is 10.5 Å². The lowest BCUT2D eigenvalue weighted by molar-refractivity contribution is 0.1000. The maximum Gasteiger partial charge on any atom is 0.0476 e. The minimum Gasteiger partial charge on any atom is -0.381 e. The molecule has 2 N–H and O–H groups in total. The second-order valence-electron chi connectivity index (χ2n) is 5.57. The minimum absolute atomic E-state index is 0.147. The number of rotatable bonds is 5. The number of nitrogens with two attached hydrogens (primary N) is 1. The Kier molecular flexibility index (Phi) is 5.74. The van der Waals surface area contributed by atoms with Gasteiger partial charge in [0, 0.05) is 30.3 Å². The zero-order valence-corrected chi connectivity index (χ0v) is 12.8. The van der Waals surface area contributed by atoms with Gasteiger partial charge in [-0.25, -0.2) is 0 Å². The number of ether oxygens (including phenoxy) is 1. The molecule has 2 nitrogen and oxygen atoms in total. The predicted octanol–water partition coefficient (Wildman–Crippen LogP) is 3.72. The van der Waals surface area contributed by atoms with Gasteiger partial charge in [-0.1, -0.05) is 38.1 Å². The maximum absolute atomic E-state index is 6.29. The first-order chi connectivity index (χ1) is 9.16. The number of benzene rings is 1. The van der Waals surface area contributed by atoms with Crippen LogP contribution < -0.4 is 5.73 Å². The Bertz CT molecular complexity index is 371. The quantitative estimate of drug-likeness (QED) is 0.892. The highest BCUT2D eigenvalue weighted by atomic mass is 32.2. The van der Waals surface area contributed by atoms with E-state index in [0.29, 0.717) is 5.92 Å². The summed E-state index contributed by atoms with van der Waals surface area (Å²) in [5.74, 6) is 1.59. The second kappa shape index (κ2) is 7.32. The van der Waals surface area contributed by atoms with Crippen LogP contribution >= 0.6 is 11.8 Å². The predicted molar refractivity (Wildman–Crippen MR) is 83.8 cm³/mol. The van der Waals surface area contributed by atoms with E-state index in [0.717, 1.165) is 24.2 Å². The monoisotopic (exact) mass is 279 g/mol.